The smallest absolute Gasteiger partial charge is 0.305 e. The van der Waals surface area contributed by atoms with E-state index in [2.05, 4.69) is 429 Å². The lowest BCUT2D eigenvalue weighted by Crippen LogP contribution is -2.51. The number of esters is 1. The van der Waals surface area contributed by atoms with Crippen molar-refractivity contribution < 1.29 is 9.53 Å². The zero-order valence-corrected chi connectivity index (χ0v) is 63.3. The Morgan fingerprint density at radius 3 is 0.940 bits per heavy atom. The molecule has 1 unspecified atom stereocenters. The average Bonchev–Trinajstić information content (AvgIpc) is 1.43. The maximum Gasteiger partial charge on any atom is 0.305 e. The van der Waals surface area contributed by atoms with Gasteiger partial charge >= 0.3 is 5.97 Å². The molecule has 0 saturated carbocycles. The van der Waals surface area contributed by atoms with Gasteiger partial charge in [0.05, 0.1) is 7.11 Å². The zero-order chi connectivity index (χ0) is 79.8. The number of rotatable bonds is 7. The first kappa shape index (κ1) is 72.7. The second kappa shape index (κ2) is 33.2. The molecule has 0 N–H and O–H groups in total. The molecule has 1 atom stereocenters. The summed E-state index contributed by atoms with van der Waals surface area (Å²) < 4.78 is 5.17. The Morgan fingerprint density at radius 1 is 0.350 bits per heavy atom. The third kappa shape index (κ3) is 13.4. The Balaban J connectivity index is 0.000000176. The van der Waals surface area contributed by atoms with Crippen molar-refractivity contribution in [2.75, 3.05) is 7.11 Å². The highest BCUT2D eigenvalue weighted by molar-refractivity contribution is 7.79. The van der Waals surface area contributed by atoms with Crippen molar-refractivity contribution in [3.63, 3.8) is 0 Å². The van der Waals surface area contributed by atoms with Crippen LogP contribution in [-0.2, 0) is 39.6 Å². The number of carbonyl (C=O) groups excluding carboxylic acids is 1. The summed E-state index contributed by atoms with van der Waals surface area (Å²) >= 11 is 0. The maximum absolute atomic E-state index is 12.6. The molecule has 17 rings (SSSR count). The highest BCUT2D eigenvalue weighted by atomic mass is 31.1. The predicted molar refractivity (Wildman–Crippen MR) is 477 cm³/mol. The molecule has 2 nitrogen and oxygen atoms in total. The summed E-state index contributed by atoms with van der Waals surface area (Å²) in [7, 11) is 2.10. The van der Waals surface area contributed by atoms with Crippen LogP contribution in [0.4, 0.5) is 0 Å². The molecule has 11 aromatic carbocycles. The Morgan fingerprint density at radius 2 is 0.632 bits per heavy atom. The number of hydrogen-bond acceptors (Lipinski definition) is 2. The van der Waals surface area contributed by atoms with Crippen LogP contribution in [-0.4, -0.2) is 19.5 Å². The van der Waals surface area contributed by atoms with Gasteiger partial charge in [-0.1, -0.05) is 101 Å². The van der Waals surface area contributed by atoms with E-state index in [0.29, 0.717) is 21.3 Å². The molecule has 0 saturated heterocycles. The van der Waals surface area contributed by atoms with E-state index in [1.165, 1.54) is 56.5 Å². The van der Waals surface area contributed by atoms with Gasteiger partial charge in [-0.15, -0.1) is 6.42 Å². The molecule has 508 valence electrons. The van der Waals surface area contributed by atoms with Crippen LogP contribution in [0.25, 0.3) is 108 Å². The number of unbranched alkanes of at least 4 members (excludes halogenated alkanes) is 1. The molecule has 117 heavy (non-hydrogen) atoms. The number of hydrogen-bond donors (Lipinski definition) is 0. The van der Waals surface area contributed by atoms with Crippen molar-refractivity contribution >= 4 is 129 Å². The number of terminal acetylenes is 1. The van der Waals surface area contributed by atoms with Crippen molar-refractivity contribution in [2.45, 2.75) is 69.4 Å². The molecule has 0 heterocycles. The molecular weight excluding hydrogens is 1430 g/mol. The van der Waals surface area contributed by atoms with E-state index >= 15 is 0 Å². The summed E-state index contributed by atoms with van der Waals surface area (Å²) in [4.78, 5) is 12.6. The summed E-state index contributed by atoms with van der Waals surface area (Å²) in [5.41, 5.74) is 19.4. The van der Waals surface area contributed by atoms with Crippen molar-refractivity contribution in [1.29, 1.82) is 0 Å². The first-order valence-corrected chi connectivity index (χ1v) is 37.3. The van der Waals surface area contributed by atoms with E-state index in [0.717, 1.165) is 38.5 Å². The lowest BCUT2D eigenvalue weighted by atomic mass is 9.47. The SMILES string of the molecule is C#CC#CC#CC#CC#CC#CC#CC#CC#CC#CC#CC#CC#CC#CC#CC#CC#CC#CC#CC#CC#CC#CC#CC#CC#CC#CC#CC#CC#CC#CPB(C)C.COC(=O)CCCCC12c3c4c5c6cc7cc8c9c%10c(cc%11cc%12c%13c(c1c1c3c3c5c7c9c3c3c%10c%11c%13c13)C(=CC2(c1ccccc1)C=C4C6)C%12)C8. The normalized spacial score (nSPS) is 12.7. The van der Waals surface area contributed by atoms with Gasteiger partial charge in [0.15, 0.2) is 6.43 Å². The second-order valence-corrected chi connectivity index (χ2v) is 28.3. The number of benzene rings is 9. The fourth-order valence-electron chi connectivity index (χ4n) is 17.1. The van der Waals surface area contributed by atoms with E-state index in [-0.39, 0.29) is 16.8 Å². The minimum Gasteiger partial charge on any atom is -0.469 e. The largest absolute Gasteiger partial charge is 0.469 e. The standard InChI is InChI=1S/C62H8BP.C51H28O2/c1-4-5-6-7-8-9-10-11-12-13-14-15-16-17-18-19-20-21-22-23-24-25-26-27-28-29-30-31-32-33-34-35-36-37-38-39-40-41-42-43-44-45-46-47-48-49-50-51-52-53-54-55-56-57-58-59-60-61-62-64-63(2)3;1-53-29(52)9-5-6-10-51-48-36-26-16-24-14-22-12-20-11-21-13-23-15-25-17-27(19-50(51,18-26)28-7-3-2-4-8-28)37-33(25)41-35(23)39-31(21)30(20)38-34(22)40(32(24)36)44-42(38)43(39)45(41)47(46(44)48)49(37)51/h1,64H,2-3H3;2-4,7-8,12-15,18-19H,5-6,9-11,16-17H2,1H3. The van der Waals surface area contributed by atoms with E-state index in [1.54, 1.807) is 109 Å². The molecule has 0 spiro atoms. The van der Waals surface area contributed by atoms with Crippen LogP contribution in [0.3, 0.4) is 0 Å². The van der Waals surface area contributed by atoms with Crippen LogP contribution in [0, 0.1) is 355 Å². The third-order valence-electron chi connectivity index (χ3n) is 20.2. The van der Waals surface area contributed by atoms with Crippen LogP contribution in [0.1, 0.15) is 75.8 Å². The minimum atomic E-state index is -0.332. The highest BCUT2D eigenvalue weighted by Gasteiger charge is 2.64. The van der Waals surface area contributed by atoms with Gasteiger partial charge in [0.2, 0.25) is 0 Å². The van der Waals surface area contributed by atoms with Gasteiger partial charge in [-0.3, -0.25) is 4.79 Å². The second-order valence-electron chi connectivity index (χ2n) is 26.6. The van der Waals surface area contributed by atoms with E-state index < -0.39 is 0 Å². The van der Waals surface area contributed by atoms with Gasteiger partial charge in [0, 0.05) is 266 Å². The monoisotopic (exact) mass is 1470 g/mol. The Bertz CT molecular complexity index is 8540. The summed E-state index contributed by atoms with van der Waals surface area (Å²) in [6, 6.07) is 22.0. The third-order valence-corrected chi connectivity index (χ3v) is 21.1. The van der Waals surface area contributed by atoms with E-state index in [1.807, 2.05) is 0 Å². The quantitative estimate of drug-likeness (QED) is 0.0397. The topological polar surface area (TPSA) is 26.3 Å². The molecule has 0 bridgehead atoms. The molecule has 0 fully saturated rings. The summed E-state index contributed by atoms with van der Waals surface area (Å²) in [6.45, 7) is 4.20. The first-order chi connectivity index (χ1) is 57.9. The van der Waals surface area contributed by atoms with Crippen LogP contribution in [0.5, 0.6) is 0 Å². The van der Waals surface area contributed by atoms with Crippen LogP contribution < -0.4 is 0 Å². The molecule has 0 aromatic heterocycles. The lowest BCUT2D eigenvalue weighted by molar-refractivity contribution is -0.140. The molecule has 0 aliphatic heterocycles. The van der Waals surface area contributed by atoms with Crippen LogP contribution >= 0.6 is 8.46 Å². The van der Waals surface area contributed by atoms with Crippen molar-refractivity contribution in [2.24, 2.45) is 0 Å². The maximum atomic E-state index is 12.6. The van der Waals surface area contributed by atoms with Gasteiger partial charge in [0.25, 0.3) is 0 Å². The van der Waals surface area contributed by atoms with Crippen molar-refractivity contribution in [3.05, 3.63) is 117 Å². The van der Waals surface area contributed by atoms with Crippen molar-refractivity contribution in [3.8, 4) is 355 Å². The van der Waals surface area contributed by atoms with Gasteiger partial charge in [-0.2, -0.15) is 0 Å². The zero-order valence-electron chi connectivity index (χ0n) is 62.3. The van der Waals surface area contributed by atoms with Gasteiger partial charge in [0.1, 0.15) is 0 Å². The molecule has 0 amide bonds. The Hall–Kier alpha value is -18.4. The number of carbonyl (C=O) groups is 1. The molecule has 11 aromatic rings. The fourth-order valence-corrected chi connectivity index (χ4v) is 17.5. The van der Waals surface area contributed by atoms with Crippen LogP contribution in [0.15, 0.2) is 66.7 Å². The molecule has 4 heteroatoms. The van der Waals surface area contributed by atoms with Gasteiger partial charge in [-0.25, -0.2) is 0 Å². The molecular formula is C113H36BO2P. The van der Waals surface area contributed by atoms with Gasteiger partial charge in [-0.05, 0) is 285 Å². The fraction of sp³-hybridized carbons (Fsp3) is 0.106. The summed E-state index contributed by atoms with van der Waals surface area (Å²) in [5.74, 6) is 145. The molecule has 6 aliphatic rings. The highest BCUT2D eigenvalue weighted by Crippen LogP contribution is 2.76. The number of methoxy groups -OCH3 is 1. The van der Waals surface area contributed by atoms with Gasteiger partial charge < -0.3 is 4.74 Å². The lowest BCUT2D eigenvalue weighted by Gasteiger charge is -2.54. The number of ether oxygens (including phenoxy) is 1. The summed E-state index contributed by atoms with van der Waals surface area (Å²) in [5, 5.41) is 28.0. The first-order valence-electron chi connectivity index (χ1n) is 36.3. The van der Waals surface area contributed by atoms with E-state index in [4.69, 9.17) is 11.2 Å². The Labute approximate surface area is 682 Å². The van der Waals surface area contributed by atoms with E-state index in [9.17, 15) is 4.79 Å². The van der Waals surface area contributed by atoms with Crippen molar-refractivity contribution in [1.82, 2.24) is 0 Å². The van der Waals surface area contributed by atoms with Crippen LogP contribution in [0.2, 0.25) is 13.6 Å². The summed E-state index contributed by atoms with van der Waals surface area (Å²) in [6.07, 6.45) is 17.4. The minimum absolute atomic E-state index is 0.0980. The molecule has 0 radical (unpaired) electrons. The average molecular weight is 1470 g/mol. The molecule has 6 aliphatic carbocycles. The number of allylic oxidation sites excluding steroid dienone is 4. The predicted octanol–water partition coefficient (Wildman–Crippen LogP) is 13.4. The Kier molecular flexibility index (Phi) is 20.6.